The summed E-state index contributed by atoms with van der Waals surface area (Å²) in [6.45, 7) is 10.2. The van der Waals surface area contributed by atoms with E-state index in [0.717, 1.165) is 25.0 Å². The average Bonchev–Trinajstić information content (AvgIpc) is 3.22. The number of nitrogens with zero attached hydrogens (tertiary/aromatic N) is 2. The first-order valence-electron chi connectivity index (χ1n) is 8.35. The molecule has 5 heteroatoms. The van der Waals surface area contributed by atoms with Crippen LogP contribution in [0, 0.1) is 5.92 Å². The number of hydrogen-bond donors (Lipinski definition) is 2. The van der Waals surface area contributed by atoms with Crippen LogP contribution >= 0.6 is 0 Å². The van der Waals surface area contributed by atoms with Crippen molar-refractivity contribution in [1.82, 2.24) is 15.1 Å². The molecule has 0 radical (unpaired) electrons. The standard InChI is InChI=1S/C17H29N3O2/c1-6-12(4)20-15(13-7-8-13)14(9-19-20)16(21)18-10-17(5,22)11(2)3/h9,11-13,22H,6-8,10H2,1-5H3,(H,18,21). The van der Waals surface area contributed by atoms with Gasteiger partial charge < -0.3 is 10.4 Å². The molecule has 1 aliphatic rings. The molecule has 22 heavy (non-hydrogen) atoms. The predicted molar refractivity (Wildman–Crippen MR) is 87.0 cm³/mol. The fourth-order valence-corrected chi connectivity index (χ4v) is 2.39. The summed E-state index contributed by atoms with van der Waals surface area (Å²) in [4.78, 5) is 12.5. The minimum atomic E-state index is -0.901. The van der Waals surface area contributed by atoms with E-state index >= 15 is 0 Å². The van der Waals surface area contributed by atoms with Gasteiger partial charge in [0.25, 0.3) is 5.91 Å². The van der Waals surface area contributed by atoms with Crippen LogP contribution in [0.15, 0.2) is 6.20 Å². The fourth-order valence-electron chi connectivity index (χ4n) is 2.39. The Kier molecular flexibility index (Phi) is 4.95. The molecule has 0 aliphatic heterocycles. The van der Waals surface area contributed by atoms with Crippen LogP contribution in [0.3, 0.4) is 0 Å². The third-order valence-corrected chi connectivity index (χ3v) is 4.90. The molecule has 1 saturated carbocycles. The Morgan fingerprint density at radius 1 is 1.50 bits per heavy atom. The molecule has 0 spiro atoms. The molecule has 0 bridgehead atoms. The number of amides is 1. The van der Waals surface area contributed by atoms with E-state index in [-0.39, 0.29) is 18.4 Å². The van der Waals surface area contributed by atoms with E-state index in [9.17, 15) is 9.90 Å². The molecule has 124 valence electrons. The van der Waals surface area contributed by atoms with E-state index in [4.69, 9.17) is 0 Å². The maximum atomic E-state index is 12.5. The van der Waals surface area contributed by atoms with Crippen LogP contribution in [-0.4, -0.2) is 32.9 Å². The molecule has 1 aromatic heterocycles. The summed E-state index contributed by atoms with van der Waals surface area (Å²) in [7, 11) is 0. The molecule has 5 nitrogen and oxygen atoms in total. The number of aliphatic hydroxyl groups is 1. The third-order valence-electron chi connectivity index (χ3n) is 4.90. The summed E-state index contributed by atoms with van der Waals surface area (Å²) in [5.41, 5.74) is 0.834. The molecular formula is C17H29N3O2. The molecule has 0 aromatic carbocycles. The Labute approximate surface area is 133 Å². The molecule has 1 amide bonds. The van der Waals surface area contributed by atoms with Crippen molar-refractivity contribution in [1.29, 1.82) is 0 Å². The molecular weight excluding hydrogens is 278 g/mol. The van der Waals surface area contributed by atoms with Gasteiger partial charge in [-0.25, -0.2) is 0 Å². The molecule has 1 heterocycles. The van der Waals surface area contributed by atoms with Crippen molar-refractivity contribution >= 4 is 5.91 Å². The van der Waals surface area contributed by atoms with Gasteiger partial charge >= 0.3 is 0 Å². The van der Waals surface area contributed by atoms with Crippen LogP contribution in [0.5, 0.6) is 0 Å². The lowest BCUT2D eigenvalue weighted by atomic mass is 9.92. The highest BCUT2D eigenvalue weighted by atomic mass is 16.3. The van der Waals surface area contributed by atoms with E-state index in [1.54, 1.807) is 13.1 Å². The Balaban J connectivity index is 2.15. The number of nitrogens with one attached hydrogen (secondary N) is 1. The second-order valence-electron chi connectivity index (χ2n) is 7.11. The van der Waals surface area contributed by atoms with Gasteiger partial charge in [0.1, 0.15) is 0 Å². The number of carbonyl (C=O) groups is 1. The van der Waals surface area contributed by atoms with Crippen LogP contribution in [-0.2, 0) is 0 Å². The van der Waals surface area contributed by atoms with Gasteiger partial charge in [-0.1, -0.05) is 20.8 Å². The minimum Gasteiger partial charge on any atom is -0.388 e. The molecule has 0 saturated heterocycles. The number of hydrogen-bond acceptors (Lipinski definition) is 3. The highest BCUT2D eigenvalue weighted by Gasteiger charge is 2.34. The number of aromatic nitrogens is 2. The monoisotopic (exact) mass is 307 g/mol. The molecule has 1 aliphatic carbocycles. The Bertz CT molecular complexity index is 530. The van der Waals surface area contributed by atoms with Gasteiger partial charge in [0.15, 0.2) is 0 Å². The van der Waals surface area contributed by atoms with Gasteiger partial charge in [-0.2, -0.15) is 5.10 Å². The van der Waals surface area contributed by atoms with Crippen molar-refractivity contribution in [3.05, 3.63) is 17.5 Å². The largest absolute Gasteiger partial charge is 0.388 e. The lowest BCUT2D eigenvalue weighted by Crippen LogP contribution is -2.44. The summed E-state index contributed by atoms with van der Waals surface area (Å²) in [6, 6.07) is 0.302. The zero-order valence-corrected chi connectivity index (χ0v) is 14.4. The first-order chi connectivity index (χ1) is 10.3. The summed E-state index contributed by atoms with van der Waals surface area (Å²) >= 11 is 0. The first kappa shape index (κ1) is 17.0. The molecule has 2 rings (SSSR count). The van der Waals surface area contributed by atoms with E-state index in [2.05, 4.69) is 24.3 Å². The van der Waals surface area contributed by atoms with Gasteiger partial charge in [-0.05, 0) is 39.0 Å². The van der Waals surface area contributed by atoms with Crippen LogP contribution in [0.25, 0.3) is 0 Å². The minimum absolute atomic E-state index is 0.0820. The van der Waals surface area contributed by atoms with Crippen molar-refractivity contribution in [3.63, 3.8) is 0 Å². The normalized spacial score (nSPS) is 19.0. The Hall–Kier alpha value is -1.36. The van der Waals surface area contributed by atoms with Crippen LogP contribution in [0.1, 0.15) is 81.9 Å². The van der Waals surface area contributed by atoms with Crippen molar-refractivity contribution in [2.24, 2.45) is 5.92 Å². The number of rotatable bonds is 7. The average molecular weight is 307 g/mol. The summed E-state index contributed by atoms with van der Waals surface area (Å²) in [6.07, 6.45) is 4.93. The van der Waals surface area contributed by atoms with Crippen LogP contribution in [0.2, 0.25) is 0 Å². The molecule has 2 N–H and O–H groups in total. The van der Waals surface area contributed by atoms with Crippen molar-refractivity contribution in [3.8, 4) is 0 Å². The zero-order valence-electron chi connectivity index (χ0n) is 14.4. The third kappa shape index (κ3) is 3.51. The van der Waals surface area contributed by atoms with E-state index in [1.807, 2.05) is 18.5 Å². The highest BCUT2D eigenvalue weighted by Crippen LogP contribution is 2.42. The molecule has 2 unspecified atom stereocenters. The molecule has 2 atom stereocenters. The van der Waals surface area contributed by atoms with Gasteiger partial charge in [-0.3, -0.25) is 9.48 Å². The maximum absolute atomic E-state index is 12.5. The Morgan fingerprint density at radius 2 is 2.14 bits per heavy atom. The van der Waals surface area contributed by atoms with E-state index in [0.29, 0.717) is 17.5 Å². The van der Waals surface area contributed by atoms with E-state index in [1.165, 1.54) is 0 Å². The van der Waals surface area contributed by atoms with Crippen molar-refractivity contribution in [2.75, 3.05) is 6.54 Å². The van der Waals surface area contributed by atoms with Gasteiger partial charge in [0, 0.05) is 18.5 Å². The van der Waals surface area contributed by atoms with Gasteiger partial charge in [0.05, 0.1) is 23.1 Å². The number of carbonyl (C=O) groups excluding carboxylic acids is 1. The maximum Gasteiger partial charge on any atom is 0.254 e. The van der Waals surface area contributed by atoms with Crippen molar-refractivity contribution in [2.45, 2.75) is 71.4 Å². The van der Waals surface area contributed by atoms with E-state index < -0.39 is 5.60 Å². The zero-order chi connectivity index (χ0) is 16.5. The smallest absolute Gasteiger partial charge is 0.254 e. The van der Waals surface area contributed by atoms with Crippen LogP contribution in [0.4, 0.5) is 0 Å². The SMILES string of the molecule is CCC(C)n1ncc(C(=O)NCC(C)(O)C(C)C)c1C1CC1. The predicted octanol–water partition coefficient (Wildman–Crippen LogP) is 2.87. The molecule has 1 fully saturated rings. The van der Waals surface area contributed by atoms with Crippen LogP contribution < -0.4 is 5.32 Å². The first-order valence-corrected chi connectivity index (χ1v) is 8.35. The lowest BCUT2D eigenvalue weighted by molar-refractivity contribution is 0.0142. The van der Waals surface area contributed by atoms with Crippen molar-refractivity contribution < 1.29 is 9.90 Å². The quantitative estimate of drug-likeness (QED) is 0.814. The topological polar surface area (TPSA) is 67.2 Å². The lowest BCUT2D eigenvalue weighted by Gasteiger charge is -2.27. The summed E-state index contributed by atoms with van der Waals surface area (Å²) in [5, 5.41) is 17.6. The van der Waals surface area contributed by atoms with Gasteiger partial charge in [0.2, 0.25) is 0 Å². The molecule has 1 aromatic rings. The summed E-state index contributed by atoms with van der Waals surface area (Å²) in [5.74, 6) is 0.416. The second-order valence-corrected chi connectivity index (χ2v) is 7.11. The Morgan fingerprint density at radius 3 is 2.64 bits per heavy atom. The van der Waals surface area contributed by atoms with Gasteiger partial charge in [-0.15, -0.1) is 0 Å². The summed E-state index contributed by atoms with van der Waals surface area (Å²) < 4.78 is 2.01. The fraction of sp³-hybridized carbons (Fsp3) is 0.765. The highest BCUT2D eigenvalue weighted by molar-refractivity contribution is 5.95. The second kappa shape index (κ2) is 6.41.